The van der Waals surface area contributed by atoms with Crippen molar-refractivity contribution in [2.75, 3.05) is 67.6 Å². The molecule has 5 fully saturated rings. The van der Waals surface area contributed by atoms with E-state index in [1.807, 2.05) is 11.0 Å². The molecule has 12 rings (SSSR count). The van der Waals surface area contributed by atoms with Gasteiger partial charge >= 0.3 is 0 Å². The van der Waals surface area contributed by atoms with Crippen LogP contribution in [-0.4, -0.2) is 120 Å². The lowest BCUT2D eigenvalue weighted by Crippen LogP contribution is -2.68. The maximum Gasteiger partial charge on any atom is 0.293 e. The summed E-state index contributed by atoms with van der Waals surface area (Å²) in [6.07, 6.45) is 5.68. The number of amides is 1. The number of piperazine rings is 1. The van der Waals surface area contributed by atoms with E-state index >= 15 is 4.39 Å². The fourth-order valence-corrected chi connectivity index (χ4v) is 14.4. The first kappa shape index (κ1) is 53.8. The summed E-state index contributed by atoms with van der Waals surface area (Å²) >= 11 is 0. The molecule has 3 atom stereocenters. The highest BCUT2D eigenvalue weighted by atomic mass is 32.2. The van der Waals surface area contributed by atoms with E-state index < -0.39 is 66.6 Å². The Morgan fingerprint density at radius 3 is 2.50 bits per heavy atom. The van der Waals surface area contributed by atoms with Crippen molar-refractivity contribution < 1.29 is 45.9 Å². The Bertz CT molecular complexity index is 3480. The first-order chi connectivity index (χ1) is 38.3. The molecule has 17 nitrogen and oxygen atoms in total. The second kappa shape index (κ2) is 21.0. The van der Waals surface area contributed by atoms with Gasteiger partial charge in [0.2, 0.25) is 5.88 Å². The summed E-state index contributed by atoms with van der Waals surface area (Å²) in [6, 6.07) is 23.0. The van der Waals surface area contributed by atoms with Crippen LogP contribution in [0.3, 0.4) is 0 Å². The average Bonchev–Trinajstić information content (AvgIpc) is 2.55. The zero-order valence-electron chi connectivity index (χ0n) is 45.0. The number of carbonyl (C=O) groups is 1. The van der Waals surface area contributed by atoms with E-state index in [2.05, 4.69) is 72.8 Å². The number of nitrogens with zero attached hydrogens (tertiary/aromatic N) is 6. The number of hydrogen-bond donors (Lipinski definition) is 4. The monoisotopic (exact) mass is 1120 g/mol. The van der Waals surface area contributed by atoms with Crippen LogP contribution < -0.4 is 24.6 Å². The fraction of sp³-hybridized carbons (Fsp3) is 0.458. The molecule has 4 N–H and O–H groups in total. The molecule has 3 saturated heterocycles. The highest BCUT2D eigenvalue weighted by Crippen LogP contribution is 2.54. The molecular formula is C59H66F3N9O8S. The third-order valence-electron chi connectivity index (χ3n) is 17.7. The summed E-state index contributed by atoms with van der Waals surface area (Å²) < 4.78 is 86.6. The normalized spacial score (nSPS) is 24.2. The highest BCUT2D eigenvalue weighted by molar-refractivity contribution is 7.90. The van der Waals surface area contributed by atoms with Crippen molar-refractivity contribution in [2.45, 2.75) is 113 Å². The molecule has 1 amide bonds. The second-order valence-electron chi connectivity index (χ2n) is 23.6. The van der Waals surface area contributed by atoms with E-state index in [1.165, 1.54) is 41.6 Å². The van der Waals surface area contributed by atoms with Gasteiger partial charge in [0.1, 0.15) is 28.9 Å². The quantitative estimate of drug-likeness (QED) is 0.0594. The van der Waals surface area contributed by atoms with E-state index in [0.717, 1.165) is 75.7 Å². The minimum Gasteiger partial charge on any atom is -0.468 e. The summed E-state index contributed by atoms with van der Waals surface area (Å²) in [5.74, 6) is -2.60. The molecule has 0 unspecified atom stereocenters. The standard InChI is InChI=1S/C59H66F3N9O8S/c1-35(2)41-6-4-5-7-42(41)53-31-67(30-37-8-12-45(60)46(61)22-37)19-20-69(53)39-26-59(27-39)33-68(34-59)38-9-11-43(50(23-38)70-49-16-21-78-32-54(49)79-57-52(70)25-44-47(62)29-64-55(44)65-57)56(72)66-80(76,77)40-10-13-48(51(24-40)71(74)75)63-28-36-14-17-58(3,73)18-15-36/h4-13,22-25,29,35-36,39,49,53-54,63,73H,14-21,26-28,30-34H2,1-3H3,(H,64,65)(H,66,72)/t36-,49-,53-,54-,58-/m0/s1. The van der Waals surface area contributed by atoms with Crippen molar-refractivity contribution in [1.82, 2.24) is 24.5 Å². The van der Waals surface area contributed by atoms with E-state index in [0.29, 0.717) is 62.3 Å². The molecule has 4 aromatic carbocycles. The molecular weight excluding hydrogens is 1050 g/mol. The molecule has 4 aliphatic heterocycles. The minimum absolute atomic E-state index is 0.0142. The van der Waals surface area contributed by atoms with Crippen LogP contribution in [0, 0.1) is 38.9 Å². The predicted octanol–water partition coefficient (Wildman–Crippen LogP) is 9.70. The van der Waals surface area contributed by atoms with Gasteiger partial charge in [-0.05, 0) is 129 Å². The third-order valence-corrected chi connectivity index (χ3v) is 19.1. The number of benzene rings is 4. The van der Waals surface area contributed by atoms with Crippen molar-refractivity contribution in [1.29, 1.82) is 0 Å². The maximum atomic E-state index is 15.4. The van der Waals surface area contributed by atoms with E-state index in [4.69, 9.17) is 9.47 Å². The highest BCUT2D eigenvalue weighted by Gasteiger charge is 2.55. The van der Waals surface area contributed by atoms with Crippen LogP contribution in [0.2, 0.25) is 0 Å². The molecule has 6 heterocycles. The summed E-state index contributed by atoms with van der Waals surface area (Å²) in [5, 5.41) is 26.1. The number of nitro groups is 1. The van der Waals surface area contributed by atoms with Gasteiger partial charge in [-0.15, -0.1) is 0 Å². The fourth-order valence-electron chi connectivity index (χ4n) is 13.4. The topological polar surface area (TPSA) is 199 Å². The van der Waals surface area contributed by atoms with Gasteiger partial charge in [0.05, 0.1) is 44.7 Å². The van der Waals surface area contributed by atoms with Gasteiger partial charge in [-0.25, -0.2) is 26.3 Å². The lowest BCUT2D eigenvalue weighted by Gasteiger charge is -2.63. The van der Waals surface area contributed by atoms with Crippen molar-refractivity contribution in [3.63, 3.8) is 0 Å². The SMILES string of the molecule is CC(C)c1ccccc1[C@@H]1CN(Cc2ccc(F)c(F)c2)CCN1C1CC2(C1)CN(c1ccc(C(=O)NS(=O)(=O)c3ccc(NC[C@H]4CC[C@](C)(O)CC4)c([N+](=O)[O-])c3)c(N3c4cc5c(F)c[nH]c5nc4O[C@H]4COCC[C@@H]43)c1)C2. The first-order valence-corrected chi connectivity index (χ1v) is 29.2. The number of pyridine rings is 1. The number of rotatable bonds is 14. The lowest BCUT2D eigenvalue weighted by atomic mass is 9.59. The largest absolute Gasteiger partial charge is 0.468 e. The number of nitro benzene ring substituents is 1. The van der Waals surface area contributed by atoms with Gasteiger partial charge in [-0.2, -0.15) is 4.98 Å². The number of nitrogens with one attached hydrogen (secondary N) is 3. The Morgan fingerprint density at radius 1 is 0.950 bits per heavy atom. The van der Waals surface area contributed by atoms with Crippen molar-refractivity contribution in [3.8, 4) is 5.88 Å². The number of halogens is 3. The summed E-state index contributed by atoms with van der Waals surface area (Å²) in [7, 11) is -4.71. The van der Waals surface area contributed by atoms with Gasteiger partial charge < -0.3 is 34.7 Å². The molecule has 6 aliphatic rings. The Morgan fingerprint density at radius 2 is 1.74 bits per heavy atom. The van der Waals surface area contributed by atoms with Crippen molar-refractivity contribution in [2.24, 2.45) is 11.3 Å². The van der Waals surface area contributed by atoms with Crippen LogP contribution in [0.25, 0.3) is 11.0 Å². The zero-order chi connectivity index (χ0) is 55.8. The van der Waals surface area contributed by atoms with Gasteiger partial charge in [0, 0.05) is 87.9 Å². The maximum absolute atomic E-state index is 15.4. The molecule has 80 heavy (non-hydrogen) atoms. The number of hydrogen-bond acceptors (Lipinski definition) is 14. The molecule has 0 radical (unpaired) electrons. The number of anilines is 4. The smallest absolute Gasteiger partial charge is 0.293 e. The van der Waals surface area contributed by atoms with Gasteiger partial charge in [-0.3, -0.25) is 24.7 Å². The van der Waals surface area contributed by atoms with Crippen LogP contribution >= 0.6 is 0 Å². The van der Waals surface area contributed by atoms with Crippen molar-refractivity contribution in [3.05, 3.63) is 141 Å². The zero-order valence-corrected chi connectivity index (χ0v) is 45.8. The molecule has 0 bridgehead atoms. The molecule has 2 saturated carbocycles. The molecule has 21 heteroatoms. The molecule has 422 valence electrons. The van der Waals surface area contributed by atoms with Crippen LogP contribution in [0.1, 0.15) is 105 Å². The Balaban J connectivity index is 0.819. The van der Waals surface area contributed by atoms with E-state index in [9.17, 15) is 37.2 Å². The number of aliphatic hydroxyl groups is 1. The van der Waals surface area contributed by atoms with Gasteiger partial charge in [0.25, 0.3) is 21.6 Å². The Labute approximate surface area is 462 Å². The van der Waals surface area contributed by atoms with Gasteiger partial charge in [-0.1, -0.05) is 44.2 Å². The number of ether oxygens (including phenoxy) is 2. The van der Waals surface area contributed by atoms with Crippen LogP contribution in [0.5, 0.6) is 5.88 Å². The van der Waals surface area contributed by atoms with E-state index in [1.54, 1.807) is 31.2 Å². The molecule has 6 aromatic rings. The van der Waals surface area contributed by atoms with Crippen LogP contribution in [-0.2, 0) is 21.3 Å². The Kier molecular flexibility index (Phi) is 14.1. The number of aromatic nitrogens is 2. The predicted molar refractivity (Wildman–Crippen MR) is 296 cm³/mol. The summed E-state index contributed by atoms with van der Waals surface area (Å²) in [5.41, 5.74) is 3.98. The van der Waals surface area contributed by atoms with Gasteiger partial charge in [0.15, 0.2) is 11.6 Å². The number of aromatic amines is 1. The molecule has 2 aliphatic carbocycles. The number of fused-ring (bicyclic) bond motifs is 3. The second-order valence-corrected chi connectivity index (χ2v) is 25.3. The molecule has 2 aromatic heterocycles. The lowest BCUT2D eigenvalue weighted by molar-refractivity contribution is -0.384. The minimum atomic E-state index is -4.71. The Hall–Kier alpha value is -6.78. The first-order valence-electron chi connectivity index (χ1n) is 27.7. The molecule has 1 spiro atoms. The van der Waals surface area contributed by atoms with E-state index in [-0.39, 0.29) is 52.1 Å². The summed E-state index contributed by atoms with van der Waals surface area (Å²) in [4.78, 5) is 42.7. The van der Waals surface area contributed by atoms with Crippen LogP contribution in [0.15, 0.2) is 96.0 Å². The number of H-pyrrole nitrogens is 1. The average molecular weight is 1120 g/mol. The number of carbonyl (C=O) groups excluding carboxylic acids is 1. The van der Waals surface area contributed by atoms with Crippen molar-refractivity contribution >= 4 is 55.4 Å². The van der Waals surface area contributed by atoms with Crippen LogP contribution in [0.4, 0.5) is 41.6 Å². The third kappa shape index (κ3) is 10.3. The summed E-state index contributed by atoms with van der Waals surface area (Å²) in [6.45, 7) is 11.4. The number of sulfonamides is 1.